The van der Waals surface area contributed by atoms with Crippen molar-refractivity contribution in [2.45, 2.75) is 25.9 Å². The maximum absolute atomic E-state index is 12.7. The van der Waals surface area contributed by atoms with Crippen LogP contribution >= 0.6 is 0 Å². The number of nitrogens with one attached hydrogen (secondary N) is 2. The molecule has 1 fully saturated rings. The van der Waals surface area contributed by atoms with Gasteiger partial charge in [-0.15, -0.1) is 0 Å². The summed E-state index contributed by atoms with van der Waals surface area (Å²) in [5, 5.41) is 6.68. The van der Waals surface area contributed by atoms with Crippen LogP contribution in [0.3, 0.4) is 0 Å². The molecule has 0 spiro atoms. The summed E-state index contributed by atoms with van der Waals surface area (Å²) >= 11 is 0. The van der Waals surface area contributed by atoms with E-state index < -0.39 is 0 Å². The molecule has 0 aromatic heterocycles. The molecule has 21 heavy (non-hydrogen) atoms. The van der Waals surface area contributed by atoms with Crippen LogP contribution in [-0.4, -0.2) is 61.0 Å². The number of anilines is 2. The van der Waals surface area contributed by atoms with Crippen molar-refractivity contribution >= 4 is 17.3 Å². The zero-order valence-corrected chi connectivity index (χ0v) is 13.0. The fraction of sp³-hybridized carbons (Fsp3) is 0.562. The monoisotopic (exact) mass is 288 g/mol. The molecule has 5 heteroatoms. The van der Waals surface area contributed by atoms with E-state index in [1.807, 2.05) is 23.1 Å². The van der Waals surface area contributed by atoms with E-state index in [0.717, 1.165) is 43.1 Å². The van der Waals surface area contributed by atoms with Crippen LogP contribution in [0.2, 0.25) is 0 Å². The summed E-state index contributed by atoms with van der Waals surface area (Å²) in [6.45, 7) is 7.76. The first kappa shape index (κ1) is 14.2. The van der Waals surface area contributed by atoms with E-state index in [-0.39, 0.29) is 5.91 Å². The maximum atomic E-state index is 12.7. The number of hydrogen-bond donors (Lipinski definition) is 2. The van der Waals surface area contributed by atoms with Crippen LogP contribution < -0.4 is 10.6 Å². The molecular weight excluding hydrogens is 264 g/mol. The van der Waals surface area contributed by atoms with Crippen molar-refractivity contribution in [3.63, 3.8) is 0 Å². The van der Waals surface area contributed by atoms with Gasteiger partial charge in [-0.05, 0) is 39.1 Å². The molecule has 2 unspecified atom stereocenters. The van der Waals surface area contributed by atoms with E-state index in [2.05, 4.69) is 36.4 Å². The summed E-state index contributed by atoms with van der Waals surface area (Å²) in [5.41, 5.74) is 2.88. The molecule has 1 aromatic carbocycles. The summed E-state index contributed by atoms with van der Waals surface area (Å²) in [6.07, 6.45) is 0. The van der Waals surface area contributed by atoms with Gasteiger partial charge in [0, 0.05) is 43.8 Å². The molecule has 2 atom stereocenters. The third-order valence-corrected chi connectivity index (χ3v) is 4.67. The molecule has 3 rings (SSSR count). The first-order valence-electron chi connectivity index (χ1n) is 7.69. The molecule has 1 aromatic rings. The van der Waals surface area contributed by atoms with E-state index in [0.29, 0.717) is 12.1 Å². The van der Waals surface area contributed by atoms with Crippen molar-refractivity contribution < 1.29 is 4.79 Å². The average Bonchev–Trinajstić information content (AvgIpc) is 2.51. The van der Waals surface area contributed by atoms with Crippen LogP contribution in [-0.2, 0) is 0 Å². The molecule has 5 nitrogen and oxygen atoms in total. The van der Waals surface area contributed by atoms with Crippen molar-refractivity contribution in [2.24, 2.45) is 0 Å². The van der Waals surface area contributed by atoms with Gasteiger partial charge in [-0.3, -0.25) is 9.69 Å². The van der Waals surface area contributed by atoms with Crippen LogP contribution in [0.5, 0.6) is 0 Å². The highest BCUT2D eigenvalue weighted by molar-refractivity contribution is 5.96. The molecule has 114 valence electrons. The second kappa shape index (κ2) is 5.56. The second-order valence-electron chi connectivity index (χ2n) is 6.19. The van der Waals surface area contributed by atoms with Crippen LogP contribution in [0, 0.1) is 0 Å². The number of benzene rings is 1. The molecule has 2 heterocycles. The molecule has 0 aliphatic carbocycles. The Kier molecular flexibility index (Phi) is 3.76. The summed E-state index contributed by atoms with van der Waals surface area (Å²) in [7, 11) is 2.13. The van der Waals surface area contributed by atoms with E-state index in [1.54, 1.807) is 0 Å². The van der Waals surface area contributed by atoms with Crippen LogP contribution in [0.4, 0.5) is 11.4 Å². The van der Waals surface area contributed by atoms with Crippen LogP contribution in [0.25, 0.3) is 0 Å². The minimum Gasteiger partial charge on any atom is -0.382 e. The summed E-state index contributed by atoms with van der Waals surface area (Å²) < 4.78 is 0. The molecule has 1 amide bonds. The van der Waals surface area contributed by atoms with Gasteiger partial charge in [0.1, 0.15) is 0 Å². The lowest BCUT2D eigenvalue weighted by Crippen LogP contribution is -2.56. The van der Waals surface area contributed by atoms with Crippen molar-refractivity contribution in [3.8, 4) is 0 Å². The standard InChI is InChI=1S/C16H24N4O/c1-11-9-20(10-12(2)19(11)3)16(21)13-4-5-14-15(8-13)18-7-6-17-14/h4-5,8,11-12,17-18H,6-7,9-10H2,1-3H3. The molecule has 0 radical (unpaired) electrons. The molecule has 0 saturated carbocycles. The predicted molar refractivity (Wildman–Crippen MR) is 86.0 cm³/mol. The number of amides is 1. The highest BCUT2D eigenvalue weighted by atomic mass is 16.2. The highest BCUT2D eigenvalue weighted by Crippen LogP contribution is 2.26. The molecule has 0 bridgehead atoms. The summed E-state index contributed by atoms with van der Waals surface area (Å²) in [5.74, 6) is 0.136. The number of fused-ring (bicyclic) bond motifs is 1. The van der Waals surface area contributed by atoms with Gasteiger partial charge in [-0.25, -0.2) is 0 Å². The Morgan fingerprint density at radius 2 is 1.71 bits per heavy atom. The fourth-order valence-corrected chi connectivity index (χ4v) is 3.12. The number of piperazine rings is 1. The van der Waals surface area contributed by atoms with Gasteiger partial charge in [0.15, 0.2) is 0 Å². The molecule has 2 N–H and O–H groups in total. The van der Waals surface area contributed by atoms with Crippen molar-refractivity contribution in [3.05, 3.63) is 23.8 Å². The summed E-state index contributed by atoms with van der Waals surface area (Å²) in [4.78, 5) is 17.1. The lowest BCUT2D eigenvalue weighted by molar-refractivity contribution is 0.0414. The third-order valence-electron chi connectivity index (χ3n) is 4.67. The maximum Gasteiger partial charge on any atom is 0.254 e. The van der Waals surface area contributed by atoms with E-state index >= 15 is 0 Å². The normalized spacial score (nSPS) is 25.8. The Labute approximate surface area is 126 Å². The largest absolute Gasteiger partial charge is 0.382 e. The van der Waals surface area contributed by atoms with Crippen molar-refractivity contribution in [1.29, 1.82) is 0 Å². The second-order valence-corrected chi connectivity index (χ2v) is 6.19. The van der Waals surface area contributed by atoms with Crippen LogP contribution in [0.15, 0.2) is 18.2 Å². The number of nitrogens with zero attached hydrogens (tertiary/aromatic N) is 2. The fourth-order valence-electron chi connectivity index (χ4n) is 3.12. The van der Waals surface area contributed by atoms with Crippen LogP contribution in [0.1, 0.15) is 24.2 Å². The SMILES string of the molecule is CC1CN(C(=O)c2ccc3c(c2)NCCN3)CC(C)N1C. The first-order valence-corrected chi connectivity index (χ1v) is 7.69. The van der Waals surface area contributed by atoms with Gasteiger partial charge in [0.2, 0.25) is 0 Å². The van der Waals surface area contributed by atoms with E-state index in [9.17, 15) is 4.79 Å². The first-order chi connectivity index (χ1) is 10.1. The number of carbonyl (C=O) groups excluding carboxylic acids is 1. The van der Waals surface area contributed by atoms with Gasteiger partial charge in [0.05, 0.1) is 11.4 Å². The van der Waals surface area contributed by atoms with Crippen molar-refractivity contribution in [2.75, 3.05) is 43.9 Å². The topological polar surface area (TPSA) is 47.6 Å². The Morgan fingerprint density at radius 3 is 2.38 bits per heavy atom. The van der Waals surface area contributed by atoms with Gasteiger partial charge in [-0.1, -0.05) is 0 Å². The number of likely N-dealkylation sites (N-methyl/N-ethyl adjacent to an activating group) is 1. The molecular formula is C16H24N4O. The quantitative estimate of drug-likeness (QED) is 0.825. The predicted octanol–water partition coefficient (Wildman–Crippen LogP) is 1.69. The van der Waals surface area contributed by atoms with Gasteiger partial charge in [-0.2, -0.15) is 0 Å². The van der Waals surface area contributed by atoms with E-state index in [1.165, 1.54) is 0 Å². The Morgan fingerprint density at radius 1 is 1.10 bits per heavy atom. The zero-order chi connectivity index (χ0) is 15.0. The lowest BCUT2D eigenvalue weighted by atomic mass is 10.1. The minimum atomic E-state index is 0.136. The van der Waals surface area contributed by atoms with Crippen molar-refractivity contribution in [1.82, 2.24) is 9.80 Å². The smallest absolute Gasteiger partial charge is 0.254 e. The Balaban J connectivity index is 1.79. The third kappa shape index (κ3) is 2.70. The molecule has 2 aliphatic heterocycles. The average molecular weight is 288 g/mol. The number of carbonyl (C=O) groups is 1. The lowest BCUT2D eigenvalue weighted by Gasteiger charge is -2.42. The van der Waals surface area contributed by atoms with Gasteiger partial charge in [0.25, 0.3) is 5.91 Å². The Hall–Kier alpha value is -1.75. The van der Waals surface area contributed by atoms with Gasteiger partial charge >= 0.3 is 0 Å². The van der Waals surface area contributed by atoms with Gasteiger partial charge < -0.3 is 15.5 Å². The molecule has 1 saturated heterocycles. The van der Waals surface area contributed by atoms with E-state index in [4.69, 9.17) is 0 Å². The summed E-state index contributed by atoms with van der Waals surface area (Å²) in [6, 6.07) is 6.69. The highest BCUT2D eigenvalue weighted by Gasteiger charge is 2.30. The minimum absolute atomic E-state index is 0.136. The Bertz CT molecular complexity index is 533. The zero-order valence-electron chi connectivity index (χ0n) is 13.0. The number of rotatable bonds is 1. The number of hydrogen-bond acceptors (Lipinski definition) is 4. The molecule has 2 aliphatic rings.